The van der Waals surface area contributed by atoms with Crippen LogP contribution in [0.5, 0.6) is 0 Å². The average Bonchev–Trinajstić information content (AvgIpc) is 3.15. The highest BCUT2D eigenvalue weighted by atomic mass is 32.2. The highest BCUT2D eigenvalue weighted by Crippen LogP contribution is 2.48. The van der Waals surface area contributed by atoms with Gasteiger partial charge in [-0.15, -0.1) is 0 Å². The Balaban J connectivity index is 1.41. The van der Waals surface area contributed by atoms with Crippen LogP contribution in [0.15, 0.2) is 79.0 Å². The molecule has 1 saturated heterocycles. The molecule has 9 nitrogen and oxygen atoms in total. The highest BCUT2D eigenvalue weighted by molar-refractivity contribution is 7.92. The lowest BCUT2D eigenvalue weighted by Crippen LogP contribution is -2.65. The molecule has 1 aromatic heterocycles. The molecule has 4 aromatic rings. The van der Waals surface area contributed by atoms with Crippen LogP contribution in [0.2, 0.25) is 0 Å². The number of aromatic nitrogens is 1. The zero-order valence-corrected chi connectivity index (χ0v) is 22.2. The summed E-state index contributed by atoms with van der Waals surface area (Å²) < 4.78 is 30.7. The minimum Gasteiger partial charge on any atom is -0.453 e. The minimum atomic E-state index is -3.41. The van der Waals surface area contributed by atoms with Crippen LogP contribution in [0.4, 0.5) is 16.2 Å². The number of fused-ring (bicyclic) bond motifs is 3. The van der Waals surface area contributed by atoms with E-state index >= 15 is 0 Å². The van der Waals surface area contributed by atoms with Gasteiger partial charge < -0.3 is 14.5 Å². The SMILES string of the molecule is COC(=O)N1CC2(C1)C(=O)N(Cc1ncc3ccccc3c1-c1ccc(NS(C)(=O)=O)cc1)c1ccccc12. The topological polar surface area (TPSA) is 109 Å². The van der Waals surface area contributed by atoms with E-state index in [9.17, 15) is 18.0 Å². The smallest absolute Gasteiger partial charge is 0.409 e. The van der Waals surface area contributed by atoms with Crippen molar-refractivity contribution in [1.82, 2.24) is 9.88 Å². The fraction of sp³-hybridized carbons (Fsp3) is 0.207. The first kappa shape index (κ1) is 24.9. The summed E-state index contributed by atoms with van der Waals surface area (Å²) >= 11 is 0. The van der Waals surface area contributed by atoms with E-state index < -0.39 is 21.5 Å². The molecule has 0 saturated carbocycles. The van der Waals surface area contributed by atoms with E-state index in [1.807, 2.05) is 60.7 Å². The van der Waals surface area contributed by atoms with Gasteiger partial charge in [0.2, 0.25) is 15.9 Å². The molecule has 0 atom stereocenters. The number of hydrogen-bond acceptors (Lipinski definition) is 6. The quantitative estimate of drug-likeness (QED) is 0.406. The van der Waals surface area contributed by atoms with Crippen molar-refractivity contribution >= 4 is 44.2 Å². The zero-order chi connectivity index (χ0) is 27.4. The van der Waals surface area contributed by atoms with Crippen molar-refractivity contribution in [3.05, 3.63) is 90.3 Å². The van der Waals surface area contributed by atoms with E-state index in [0.717, 1.165) is 39.4 Å². The fourth-order valence-corrected chi connectivity index (χ4v) is 6.20. The van der Waals surface area contributed by atoms with Gasteiger partial charge in [-0.1, -0.05) is 54.6 Å². The van der Waals surface area contributed by atoms with Crippen LogP contribution in [-0.2, 0) is 31.5 Å². The molecule has 3 aromatic carbocycles. The van der Waals surface area contributed by atoms with Crippen LogP contribution < -0.4 is 9.62 Å². The number of pyridine rings is 1. The van der Waals surface area contributed by atoms with Crippen molar-refractivity contribution in [3.63, 3.8) is 0 Å². The van der Waals surface area contributed by atoms with Gasteiger partial charge in [0.15, 0.2) is 0 Å². The Bertz CT molecular complexity index is 1730. The Morgan fingerprint density at radius 1 is 1.03 bits per heavy atom. The number of nitrogens with zero attached hydrogens (tertiary/aromatic N) is 3. The number of rotatable bonds is 5. The molecule has 2 aliphatic heterocycles. The number of nitrogens with one attached hydrogen (secondary N) is 1. The number of likely N-dealkylation sites (tertiary alicyclic amines) is 1. The summed E-state index contributed by atoms with van der Waals surface area (Å²) in [4.78, 5) is 34.1. The van der Waals surface area contributed by atoms with Gasteiger partial charge in [-0.25, -0.2) is 13.2 Å². The third kappa shape index (κ3) is 4.17. The normalized spacial score (nSPS) is 15.8. The van der Waals surface area contributed by atoms with Crippen molar-refractivity contribution < 1.29 is 22.7 Å². The van der Waals surface area contributed by atoms with E-state index in [-0.39, 0.29) is 25.5 Å². The molecule has 0 unspecified atom stereocenters. The van der Waals surface area contributed by atoms with E-state index in [1.165, 1.54) is 12.0 Å². The van der Waals surface area contributed by atoms with Crippen molar-refractivity contribution in [2.24, 2.45) is 0 Å². The van der Waals surface area contributed by atoms with Gasteiger partial charge in [0, 0.05) is 41.6 Å². The molecule has 1 N–H and O–H groups in total. The Labute approximate surface area is 226 Å². The number of anilines is 2. The number of hydrogen-bond donors (Lipinski definition) is 1. The Hall–Kier alpha value is -4.44. The van der Waals surface area contributed by atoms with Crippen LogP contribution in [0, 0.1) is 0 Å². The number of carbonyl (C=O) groups excluding carboxylic acids is 2. The molecule has 2 amide bonds. The van der Waals surface area contributed by atoms with Crippen LogP contribution in [0.3, 0.4) is 0 Å². The molecule has 198 valence electrons. The number of methoxy groups -OCH3 is 1. The highest BCUT2D eigenvalue weighted by Gasteiger charge is 2.59. The molecule has 1 spiro atoms. The van der Waals surface area contributed by atoms with Crippen LogP contribution in [0.25, 0.3) is 21.9 Å². The average molecular weight is 543 g/mol. The first-order chi connectivity index (χ1) is 18.7. The van der Waals surface area contributed by atoms with Crippen molar-refractivity contribution in [1.29, 1.82) is 0 Å². The summed E-state index contributed by atoms with van der Waals surface area (Å²) in [5, 5.41) is 1.92. The number of carbonyl (C=O) groups is 2. The summed E-state index contributed by atoms with van der Waals surface area (Å²) in [5.41, 5.74) is 3.79. The van der Waals surface area contributed by atoms with E-state index in [1.54, 1.807) is 23.2 Å². The van der Waals surface area contributed by atoms with E-state index in [4.69, 9.17) is 9.72 Å². The molecule has 3 heterocycles. The molecule has 0 aliphatic carbocycles. The van der Waals surface area contributed by atoms with Crippen LogP contribution in [-0.4, -0.2) is 56.8 Å². The van der Waals surface area contributed by atoms with Gasteiger partial charge in [-0.05, 0) is 34.7 Å². The molecule has 6 rings (SSSR count). The Morgan fingerprint density at radius 2 is 1.72 bits per heavy atom. The van der Waals surface area contributed by atoms with Gasteiger partial charge in [0.05, 0.1) is 25.6 Å². The summed E-state index contributed by atoms with van der Waals surface area (Å²) in [6.07, 6.45) is 2.47. The predicted molar refractivity (Wildman–Crippen MR) is 149 cm³/mol. The summed E-state index contributed by atoms with van der Waals surface area (Å²) in [6, 6.07) is 22.7. The number of amides is 2. The molecule has 1 fully saturated rings. The van der Waals surface area contributed by atoms with Crippen molar-refractivity contribution in [3.8, 4) is 11.1 Å². The van der Waals surface area contributed by atoms with Gasteiger partial charge in [-0.2, -0.15) is 0 Å². The lowest BCUT2D eigenvalue weighted by Gasteiger charge is -2.45. The third-order valence-corrected chi connectivity index (χ3v) is 7.99. The minimum absolute atomic E-state index is 0.0718. The molecular formula is C29H26N4O5S. The first-order valence-electron chi connectivity index (χ1n) is 12.4. The number of ether oxygens (including phenoxy) is 1. The maximum Gasteiger partial charge on any atom is 0.409 e. The van der Waals surface area contributed by atoms with E-state index in [0.29, 0.717) is 11.4 Å². The van der Waals surface area contributed by atoms with Gasteiger partial charge >= 0.3 is 6.09 Å². The van der Waals surface area contributed by atoms with Crippen molar-refractivity contribution in [2.75, 3.05) is 36.1 Å². The summed E-state index contributed by atoms with van der Waals surface area (Å²) in [5.74, 6) is -0.0718. The summed E-state index contributed by atoms with van der Waals surface area (Å²) in [6.45, 7) is 0.761. The molecule has 2 aliphatic rings. The number of para-hydroxylation sites is 1. The molecule has 39 heavy (non-hydrogen) atoms. The van der Waals surface area contributed by atoms with Gasteiger partial charge in [-0.3, -0.25) is 14.5 Å². The lowest BCUT2D eigenvalue weighted by atomic mass is 9.75. The first-order valence-corrected chi connectivity index (χ1v) is 14.3. The third-order valence-electron chi connectivity index (χ3n) is 7.38. The van der Waals surface area contributed by atoms with Gasteiger partial charge in [0.1, 0.15) is 5.41 Å². The molecule has 0 radical (unpaired) electrons. The monoisotopic (exact) mass is 542 g/mol. The number of sulfonamides is 1. The fourth-order valence-electron chi connectivity index (χ4n) is 5.64. The van der Waals surface area contributed by atoms with Gasteiger partial charge in [0.25, 0.3) is 0 Å². The molecule has 0 bridgehead atoms. The Kier molecular flexibility index (Phi) is 5.80. The summed E-state index contributed by atoms with van der Waals surface area (Å²) in [7, 11) is -2.07. The number of benzene rings is 3. The second kappa shape index (κ2) is 9.09. The second-order valence-electron chi connectivity index (χ2n) is 9.94. The maximum atomic E-state index is 14.0. The van der Waals surface area contributed by atoms with Crippen LogP contribution in [0.1, 0.15) is 11.3 Å². The van der Waals surface area contributed by atoms with Crippen molar-refractivity contribution in [2.45, 2.75) is 12.0 Å². The second-order valence-corrected chi connectivity index (χ2v) is 11.7. The predicted octanol–water partition coefficient (Wildman–Crippen LogP) is 4.14. The zero-order valence-electron chi connectivity index (χ0n) is 21.4. The standard InChI is InChI=1S/C29H26N4O5S/c1-38-28(35)32-17-29(18-32)23-9-5-6-10-25(23)33(27(29)34)16-24-26(22-8-4-3-7-20(22)15-30-24)19-11-13-21(14-12-19)31-39(2,36)37/h3-15,31H,16-18H2,1-2H3. The Morgan fingerprint density at radius 3 is 2.44 bits per heavy atom. The van der Waals surface area contributed by atoms with E-state index in [2.05, 4.69) is 4.72 Å². The molecule has 10 heteroatoms. The van der Waals surface area contributed by atoms with Crippen LogP contribution >= 0.6 is 0 Å². The molecular weight excluding hydrogens is 516 g/mol. The largest absolute Gasteiger partial charge is 0.453 e. The maximum absolute atomic E-state index is 14.0. The lowest BCUT2D eigenvalue weighted by molar-refractivity contribution is -0.128.